The molecule has 134 valence electrons. The Balaban J connectivity index is 1.53. The number of ether oxygens (including phenoxy) is 1. The Morgan fingerprint density at radius 2 is 2.19 bits per heavy atom. The molecule has 3 heterocycles. The summed E-state index contributed by atoms with van der Waals surface area (Å²) in [7, 11) is 0. The second-order valence-electron chi connectivity index (χ2n) is 6.00. The van der Waals surface area contributed by atoms with Crippen molar-refractivity contribution in [1.29, 1.82) is 0 Å². The zero-order valence-corrected chi connectivity index (χ0v) is 14.1. The third-order valence-corrected chi connectivity index (χ3v) is 3.98. The molecule has 26 heavy (non-hydrogen) atoms. The minimum atomic E-state index is -0.398. The van der Waals surface area contributed by atoms with Crippen molar-refractivity contribution in [1.82, 2.24) is 29.6 Å². The van der Waals surface area contributed by atoms with Gasteiger partial charge in [-0.2, -0.15) is 9.61 Å². The van der Waals surface area contributed by atoms with Crippen LogP contribution in [0.4, 0.5) is 5.82 Å². The van der Waals surface area contributed by atoms with Gasteiger partial charge in [-0.3, -0.25) is 9.59 Å². The summed E-state index contributed by atoms with van der Waals surface area (Å²) in [6, 6.07) is 4.70. The van der Waals surface area contributed by atoms with Crippen molar-refractivity contribution in [3.8, 4) is 5.75 Å². The van der Waals surface area contributed by atoms with Gasteiger partial charge in [0, 0.05) is 12.0 Å². The molecule has 0 spiro atoms. The first kappa shape index (κ1) is 16.2. The van der Waals surface area contributed by atoms with E-state index in [4.69, 9.17) is 4.74 Å². The van der Waals surface area contributed by atoms with Crippen LogP contribution in [0.3, 0.4) is 0 Å². The van der Waals surface area contributed by atoms with Crippen LogP contribution in [0.2, 0.25) is 0 Å². The molecule has 1 saturated carbocycles. The van der Waals surface area contributed by atoms with E-state index in [0.29, 0.717) is 29.7 Å². The van der Waals surface area contributed by atoms with E-state index in [-0.39, 0.29) is 12.1 Å². The van der Waals surface area contributed by atoms with Crippen molar-refractivity contribution in [2.24, 2.45) is 0 Å². The first-order valence-corrected chi connectivity index (χ1v) is 8.36. The van der Waals surface area contributed by atoms with Crippen LogP contribution in [0.1, 0.15) is 31.4 Å². The van der Waals surface area contributed by atoms with Crippen LogP contribution in [0, 0.1) is 0 Å². The lowest BCUT2D eigenvalue weighted by Gasteiger charge is -2.11. The molecule has 3 aromatic heterocycles. The standard InChI is InChI=1S/C16H17N7O3/c1-2-26-11-7-15(25)22(21-16(11)10-3-4-10)8-14(24)18-12-5-6-13-19-17-9-23(13)20-12/h5-7,9-10H,2-4,8H2,1H3,(H,18,20,24). The van der Waals surface area contributed by atoms with Gasteiger partial charge in [0.1, 0.15) is 24.3 Å². The number of hydrogen-bond acceptors (Lipinski definition) is 7. The molecule has 1 amide bonds. The highest BCUT2D eigenvalue weighted by atomic mass is 16.5. The third-order valence-electron chi connectivity index (χ3n) is 3.98. The maximum absolute atomic E-state index is 12.3. The summed E-state index contributed by atoms with van der Waals surface area (Å²) in [6.45, 7) is 2.12. The smallest absolute Gasteiger partial charge is 0.270 e. The summed E-state index contributed by atoms with van der Waals surface area (Å²) < 4.78 is 8.11. The maximum atomic E-state index is 12.3. The highest BCUT2D eigenvalue weighted by Crippen LogP contribution is 2.42. The van der Waals surface area contributed by atoms with Gasteiger partial charge >= 0.3 is 0 Å². The number of aromatic nitrogens is 6. The van der Waals surface area contributed by atoms with E-state index in [1.165, 1.54) is 16.9 Å². The van der Waals surface area contributed by atoms with Crippen LogP contribution in [0.5, 0.6) is 5.75 Å². The van der Waals surface area contributed by atoms with E-state index in [1.807, 2.05) is 6.92 Å². The Morgan fingerprint density at radius 1 is 1.35 bits per heavy atom. The Hall–Kier alpha value is -3.30. The lowest BCUT2D eigenvalue weighted by molar-refractivity contribution is -0.117. The molecule has 1 N–H and O–H groups in total. The summed E-state index contributed by atoms with van der Waals surface area (Å²) in [6.07, 6.45) is 3.46. The van der Waals surface area contributed by atoms with Crippen LogP contribution >= 0.6 is 0 Å². The SMILES string of the molecule is CCOc1cc(=O)n(CC(=O)Nc2ccc3nncn3n2)nc1C1CC1. The summed E-state index contributed by atoms with van der Waals surface area (Å²) >= 11 is 0. The number of fused-ring (bicyclic) bond motifs is 1. The van der Waals surface area contributed by atoms with E-state index in [1.54, 1.807) is 12.1 Å². The molecule has 0 bridgehead atoms. The highest BCUT2D eigenvalue weighted by Gasteiger charge is 2.30. The maximum Gasteiger partial charge on any atom is 0.270 e. The minimum absolute atomic E-state index is 0.202. The Kier molecular flexibility index (Phi) is 4.07. The zero-order chi connectivity index (χ0) is 18.1. The highest BCUT2D eigenvalue weighted by molar-refractivity contribution is 5.89. The van der Waals surface area contributed by atoms with Gasteiger partial charge in [-0.1, -0.05) is 0 Å². The summed E-state index contributed by atoms with van der Waals surface area (Å²) in [5, 5.41) is 18.7. The van der Waals surface area contributed by atoms with Crippen LogP contribution in [0.25, 0.3) is 5.65 Å². The van der Waals surface area contributed by atoms with E-state index in [9.17, 15) is 9.59 Å². The van der Waals surface area contributed by atoms with Crippen LogP contribution in [0.15, 0.2) is 29.3 Å². The van der Waals surface area contributed by atoms with E-state index >= 15 is 0 Å². The summed E-state index contributed by atoms with van der Waals surface area (Å²) in [5.74, 6) is 0.745. The van der Waals surface area contributed by atoms with Crippen molar-refractivity contribution < 1.29 is 9.53 Å². The van der Waals surface area contributed by atoms with Gasteiger partial charge in [0.25, 0.3) is 5.56 Å². The number of carbonyl (C=O) groups excluding carboxylic acids is 1. The second-order valence-corrected chi connectivity index (χ2v) is 6.00. The predicted molar refractivity (Wildman–Crippen MR) is 91.1 cm³/mol. The average Bonchev–Trinajstić information content (AvgIpc) is 3.35. The van der Waals surface area contributed by atoms with Gasteiger partial charge in [0.15, 0.2) is 11.5 Å². The fourth-order valence-electron chi connectivity index (χ4n) is 2.63. The molecular formula is C16H17N7O3. The minimum Gasteiger partial charge on any atom is -0.492 e. The number of rotatable bonds is 6. The summed E-state index contributed by atoms with van der Waals surface area (Å²) in [5.41, 5.74) is 0.931. The molecule has 1 fully saturated rings. The zero-order valence-electron chi connectivity index (χ0n) is 14.1. The van der Waals surface area contributed by atoms with Gasteiger partial charge in [-0.05, 0) is 31.9 Å². The number of anilines is 1. The molecule has 0 radical (unpaired) electrons. The molecule has 0 aromatic carbocycles. The van der Waals surface area contributed by atoms with Gasteiger partial charge in [0.2, 0.25) is 5.91 Å². The molecule has 1 aliphatic carbocycles. The van der Waals surface area contributed by atoms with E-state index < -0.39 is 5.91 Å². The number of carbonyl (C=O) groups is 1. The van der Waals surface area contributed by atoms with Crippen LogP contribution in [-0.2, 0) is 11.3 Å². The third kappa shape index (κ3) is 3.25. The molecule has 4 rings (SSSR count). The molecule has 10 heteroatoms. The quantitative estimate of drug-likeness (QED) is 0.688. The van der Waals surface area contributed by atoms with Crippen LogP contribution in [-0.4, -0.2) is 42.1 Å². The number of nitrogens with zero attached hydrogens (tertiary/aromatic N) is 6. The lowest BCUT2D eigenvalue weighted by atomic mass is 10.2. The topological polar surface area (TPSA) is 116 Å². The number of nitrogens with one attached hydrogen (secondary N) is 1. The normalized spacial score (nSPS) is 13.7. The van der Waals surface area contributed by atoms with E-state index in [0.717, 1.165) is 23.2 Å². The van der Waals surface area contributed by atoms with Gasteiger partial charge in [-0.25, -0.2) is 4.68 Å². The molecule has 0 saturated heterocycles. The molecule has 0 atom stereocenters. The molecule has 10 nitrogen and oxygen atoms in total. The van der Waals surface area contributed by atoms with Gasteiger partial charge in [0.05, 0.1) is 6.61 Å². The second kappa shape index (κ2) is 6.54. The Bertz CT molecular complexity index is 1020. The predicted octanol–water partition coefficient (Wildman–Crippen LogP) is 0.596. The fourth-order valence-corrected chi connectivity index (χ4v) is 2.63. The average molecular weight is 355 g/mol. The molecular weight excluding hydrogens is 338 g/mol. The molecule has 1 aliphatic rings. The fraction of sp³-hybridized carbons (Fsp3) is 0.375. The first-order valence-electron chi connectivity index (χ1n) is 8.36. The molecule has 0 aliphatic heterocycles. The number of hydrogen-bond donors (Lipinski definition) is 1. The van der Waals surface area contributed by atoms with Gasteiger partial charge < -0.3 is 10.1 Å². The van der Waals surface area contributed by atoms with Crippen molar-refractivity contribution in [3.05, 3.63) is 40.6 Å². The molecule has 0 unspecified atom stereocenters. The largest absolute Gasteiger partial charge is 0.492 e. The van der Waals surface area contributed by atoms with E-state index in [2.05, 4.69) is 25.7 Å². The van der Waals surface area contributed by atoms with Crippen molar-refractivity contribution in [2.75, 3.05) is 11.9 Å². The molecule has 3 aromatic rings. The Morgan fingerprint density at radius 3 is 2.96 bits per heavy atom. The lowest BCUT2D eigenvalue weighted by Crippen LogP contribution is -2.30. The summed E-state index contributed by atoms with van der Waals surface area (Å²) in [4.78, 5) is 24.5. The van der Waals surface area contributed by atoms with Crippen LogP contribution < -0.4 is 15.6 Å². The van der Waals surface area contributed by atoms with Gasteiger partial charge in [-0.15, -0.1) is 15.3 Å². The Labute approximate surface area is 147 Å². The van der Waals surface area contributed by atoms with Crippen molar-refractivity contribution in [2.45, 2.75) is 32.2 Å². The number of amides is 1. The monoisotopic (exact) mass is 355 g/mol. The van der Waals surface area contributed by atoms with Crippen molar-refractivity contribution >= 4 is 17.4 Å². The van der Waals surface area contributed by atoms with Crippen molar-refractivity contribution in [3.63, 3.8) is 0 Å². The first-order chi connectivity index (χ1) is 12.6.